The molecule has 2 aliphatic rings. The SMILES string of the molecule is O=C(O)CCc1ccc(N2CC3(CCCCCC3)C2)cc1. The van der Waals surface area contributed by atoms with Crippen molar-refractivity contribution in [2.24, 2.45) is 5.41 Å². The zero-order chi connectivity index (χ0) is 14.7. The van der Waals surface area contributed by atoms with Crippen LogP contribution in [0, 0.1) is 5.41 Å². The molecule has 0 radical (unpaired) electrons. The van der Waals surface area contributed by atoms with Gasteiger partial charge in [0.15, 0.2) is 0 Å². The lowest BCUT2D eigenvalue weighted by atomic mass is 9.73. The average molecular weight is 287 g/mol. The third-order valence-corrected chi connectivity index (χ3v) is 5.15. The number of aliphatic carboxylic acids is 1. The minimum absolute atomic E-state index is 0.214. The summed E-state index contributed by atoms with van der Waals surface area (Å²) in [5.41, 5.74) is 3.01. The Bertz CT molecular complexity index is 478. The molecule has 0 unspecified atom stereocenters. The summed E-state index contributed by atoms with van der Waals surface area (Å²) in [6, 6.07) is 8.47. The molecule has 21 heavy (non-hydrogen) atoms. The van der Waals surface area contributed by atoms with Gasteiger partial charge in [-0.1, -0.05) is 37.8 Å². The first-order chi connectivity index (χ1) is 10.2. The maximum absolute atomic E-state index is 10.6. The summed E-state index contributed by atoms with van der Waals surface area (Å²) >= 11 is 0. The van der Waals surface area contributed by atoms with Crippen LogP contribution in [0.5, 0.6) is 0 Å². The summed E-state index contributed by atoms with van der Waals surface area (Å²) in [6.45, 7) is 2.42. The van der Waals surface area contributed by atoms with E-state index in [2.05, 4.69) is 29.2 Å². The van der Waals surface area contributed by atoms with Crippen LogP contribution in [0.25, 0.3) is 0 Å². The molecule has 3 nitrogen and oxygen atoms in total. The number of benzene rings is 1. The molecule has 1 spiro atoms. The summed E-state index contributed by atoms with van der Waals surface area (Å²) in [6.07, 6.45) is 9.29. The first-order valence-corrected chi connectivity index (χ1v) is 8.23. The maximum Gasteiger partial charge on any atom is 0.303 e. The number of aryl methyl sites for hydroxylation is 1. The van der Waals surface area contributed by atoms with Crippen LogP contribution in [-0.2, 0) is 11.2 Å². The van der Waals surface area contributed by atoms with E-state index in [0.717, 1.165) is 5.56 Å². The van der Waals surface area contributed by atoms with Crippen molar-refractivity contribution in [2.75, 3.05) is 18.0 Å². The standard InChI is InChI=1S/C18H25NO2/c20-17(21)10-7-15-5-8-16(9-6-15)19-13-18(14-19)11-3-1-2-4-12-18/h5-6,8-9H,1-4,7,10-14H2,(H,20,21). The summed E-state index contributed by atoms with van der Waals surface area (Å²) in [7, 11) is 0. The van der Waals surface area contributed by atoms with Crippen LogP contribution in [0.15, 0.2) is 24.3 Å². The fraction of sp³-hybridized carbons (Fsp3) is 0.611. The van der Waals surface area contributed by atoms with Crippen LogP contribution < -0.4 is 4.90 Å². The fourth-order valence-electron chi connectivity index (χ4n) is 3.87. The largest absolute Gasteiger partial charge is 0.481 e. The first-order valence-electron chi connectivity index (χ1n) is 8.23. The molecule has 114 valence electrons. The summed E-state index contributed by atoms with van der Waals surface area (Å²) in [5, 5.41) is 8.72. The Hall–Kier alpha value is -1.51. The van der Waals surface area contributed by atoms with Gasteiger partial charge in [0.25, 0.3) is 0 Å². The number of rotatable bonds is 4. The second-order valence-electron chi connectivity index (χ2n) is 6.83. The molecule has 1 heterocycles. The Morgan fingerprint density at radius 2 is 1.67 bits per heavy atom. The van der Waals surface area contributed by atoms with Gasteiger partial charge in [0.1, 0.15) is 0 Å². The number of carbonyl (C=O) groups is 1. The minimum Gasteiger partial charge on any atom is -0.481 e. The van der Waals surface area contributed by atoms with E-state index in [1.807, 2.05) is 0 Å². The molecule has 0 amide bonds. The zero-order valence-corrected chi connectivity index (χ0v) is 12.7. The molecule has 3 rings (SSSR count). The van der Waals surface area contributed by atoms with E-state index in [0.29, 0.717) is 11.8 Å². The molecule has 0 aromatic heterocycles. The van der Waals surface area contributed by atoms with Crippen molar-refractivity contribution >= 4 is 11.7 Å². The van der Waals surface area contributed by atoms with Crippen molar-refractivity contribution in [2.45, 2.75) is 51.4 Å². The van der Waals surface area contributed by atoms with E-state index < -0.39 is 5.97 Å². The molecule has 1 aromatic carbocycles. The molecule has 0 bridgehead atoms. The Morgan fingerprint density at radius 3 is 2.24 bits per heavy atom. The lowest BCUT2D eigenvalue weighted by Crippen LogP contribution is -2.56. The lowest BCUT2D eigenvalue weighted by molar-refractivity contribution is -0.136. The highest BCUT2D eigenvalue weighted by Crippen LogP contribution is 2.44. The van der Waals surface area contributed by atoms with Crippen LogP contribution >= 0.6 is 0 Å². The number of carboxylic acids is 1. The normalized spacial score (nSPS) is 20.9. The molecule has 1 N–H and O–H groups in total. The fourth-order valence-corrected chi connectivity index (χ4v) is 3.87. The maximum atomic E-state index is 10.6. The third kappa shape index (κ3) is 3.39. The molecule has 1 aliphatic heterocycles. The Balaban J connectivity index is 1.55. The zero-order valence-electron chi connectivity index (χ0n) is 12.7. The second kappa shape index (κ2) is 6.08. The van der Waals surface area contributed by atoms with Crippen LogP contribution in [0.2, 0.25) is 0 Å². The molecular weight excluding hydrogens is 262 g/mol. The highest BCUT2D eigenvalue weighted by atomic mass is 16.4. The Morgan fingerprint density at radius 1 is 1.05 bits per heavy atom. The van der Waals surface area contributed by atoms with E-state index in [4.69, 9.17) is 5.11 Å². The molecule has 0 atom stereocenters. The Labute approximate surface area is 127 Å². The molecule has 1 saturated heterocycles. The quantitative estimate of drug-likeness (QED) is 0.914. The number of anilines is 1. The molecule has 3 heteroatoms. The summed E-state index contributed by atoms with van der Waals surface area (Å²) in [5.74, 6) is -0.725. The van der Waals surface area contributed by atoms with Gasteiger partial charge in [-0.05, 0) is 37.0 Å². The number of hydrogen-bond donors (Lipinski definition) is 1. The van der Waals surface area contributed by atoms with Gasteiger partial charge in [0, 0.05) is 30.6 Å². The molecule has 2 fully saturated rings. The van der Waals surface area contributed by atoms with Gasteiger partial charge in [0.05, 0.1) is 0 Å². The number of carboxylic acid groups (broad SMARTS) is 1. The monoisotopic (exact) mass is 287 g/mol. The van der Waals surface area contributed by atoms with Crippen molar-refractivity contribution < 1.29 is 9.90 Å². The predicted octanol–water partition coefficient (Wildman–Crippen LogP) is 3.86. The van der Waals surface area contributed by atoms with E-state index >= 15 is 0 Å². The van der Waals surface area contributed by atoms with Gasteiger partial charge in [-0.15, -0.1) is 0 Å². The average Bonchev–Trinajstić information content (AvgIpc) is 2.70. The van der Waals surface area contributed by atoms with Gasteiger partial charge in [-0.25, -0.2) is 0 Å². The second-order valence-corrected chi connectivity index (χ2v) is 6.83. The predicted molar refractivity (Wildman–Crippen MR) is 84.7 cm³/mol. The smallest absolute Gasteiger partial charge is 0.303 e. The van der Waals surface area contributed by atoms with Crippen molar-refractivity contribution in [3.8, 4) is 0 Å². The first kappa shape index (κ1) is 14.4. The minimum atomic E-state index is -0.725. The van der Waals surface area contributed by atoms with Crippen LogP contribution in [0.3, 0.4) is 0 Å². The van der Waals surface area contributed by atoms with Crippen molar-refractivity contribution in [3.05, 3.63) is 29.8 Å². The number of nitrogens with zero attached hydrogens (tertiary/aromatic N) is 1. The molecule has 1 saturated carbocycles. The summed E-state index contributed by atoms with van der Waals surface area (Å²) in [4.78, 5) is 13.1. The van der Waals surface area contributed by atoms with E-state index in [-0.39, 0.29) is 6.42 Å². The van der Waals surface area contributed by atoms with Gasteiger partial charge in [0.2, 0.25) is 0 Å². The van der Waals surface area contributed by atoms with Crippen molar-refractivity contribution in [3.63, 3.8) is 0 Å². The Kier molecular flexibility index (Phi) is 4.18. The van der Waals surface area contributed by atoms with Crippen LogP contribution in [0.1, 0.15) is 50.5 Å². The van der Waals surface area contributed by atoms with E-state index in [1.165, 1.54) is 57.3 Å². The number of hydrogen-bond acceptors (Lipinski definition) is 2. The third-order valence-electron chi connectivity index (χ3n) is 5.15. The highest BCUT2D eigenvalue weighted by molar-refractivity contribution is 5.67. The van der Waals surface area contributed by atoms with E-state index in [1.54, 1.807) is 0 Å². The lowest BCUT2D eigenvalue weighted by Gasteiger charge is -2.51. The van der Waals surface area contributed by atoms with Crippen molar-refractivity contribution in [1.82, 2.24) is 0 Å². The van der Waals surface area contributed by atoms with Crippen LogP contribution in [-0.4, -0.2) is 24.2 Å². The molecule has 1 aromatic rings. The molecule has 1 aliphatic carbocycles. The highest BCUT2D eigenvalue weighted by Gasteiger charge is 2.42. The van der Waals surface area contributed by atoms with Gasteiger partial charge >= 0.3 is 5.97 Å². The summed E-state index contributed by atoms with van der Waals surface area (Å²) < 4.78 is 0. The van der Waals surface area contributed by atoms with Crippen LogP contribution in [0.4, 0.5) is 5.69 Å². The van der Waals surface area contributed by atoms with Gasteiger partial charge in [-0.3, -0.25) is 4.79 Å². The topological polar surface area (TPSA) is 40.5 Å². The van der Waals surface area contributed by atoms with Gasteiger partial charge in [-0.2, -0.15) is 0 Å². The molecular formula is C18H25NO2. The van der Waals surface area contributed by atoms with E-state index in [9.17, 15) is 4.79 Å². The van der Waals surface area contributed by atoms with Gasteiger partial charge < -0.3 is 10.0 Å². The van der Waals surface area contributed by atoms with Crippen molar-refractivity contribution in [1.29, 1.82) is 0 Å².